The fourth-order valence-corrected chi connectivity index (χ4v) is 3.03. The van der Waals surface area contributed by atoms with E-state index < -0.39 is 0 Å². The van der Waals surface area contributed by atoms with Crippen LogP contribution in [0.5, 0.6) is 0 Å². The highest BCUT2D eigenvalue weighted by Crippen LogP contribution is 2.19. The van der Waals surface area contributed by atoms with E-state index in [0.29, 0.717) is 0 Å². The Bertz CT molecular complexity index is 477. The number of aromatic nitrogens is 3. The molecule has 2 aliphatic rings. The van der Waals surface area contributed by atoms with E-state index in [1.165, 1.54) is 12.8 Å². The van der Waals surface area contributed by atoms with Crippen molar-refractivity contribution < 1.29 is 4.79 Å². The number of amides is 1. The molecular formula is C13H24Cl2N6O. The summed E-state index contributed by atoms with van der Waals surface area (Å²) >= 11 is 0. The van der Waals surface area contributed by atoms with Crippen molar-refractivity contribution in [2.24, 2.45) is 0 Å². The summed E-state index contributed by atoms with van der Waals surface area (Å²) in [5, 5.41) is 14.4. The Labute approximate surface area is 143 Å². The van der Waals surface area contributed by atoms with Gasteiger partial charge in [-0.05, 0) is 32.4 Å². The van der Waals surface area contributed by atoms with Gasteiger partial charge in [0.2, 0.25) is 5.91 Å². The third kappa shape index (κ3) is 4.32. The van der Waals surface area contributed by atoms with Gasteiger partial charge in [-0.3, -0.25) is 9.69 Å². The molecule has 1 aromatic rings. The molecule has 2 atom stereocenters. The van der Waals surface area contributed by atoms with Crippen LogP contribution in [0, 0.1) is 0 Å². The van der Waals surface area contributed by atoms with Crippen LogP contribution in [0.25, 0.3) is 0 Å². The summed E-state index contributed by atoms with van der Waals surface area (Å²) in [5.74, 6) is 0.0462. The van der Waals surface area contributed by atoms with E-state index >= 15 is 0 Å². The van der Waals surface area contributed by atoms with Crippen LogP contribution >= 0.6 is 24.8 Å². The fourth-order valence-electron chi connectivity index (χ4n) is 3.03. The topological polar surface area (TPSA) is 75.1 Å². The van der Waals surface area contributed by atoms with Crippen molar-refractivity contribution in [3.05, 3.63) is 11.9 Å². The summed E-state index contributed by atoms with van der Waals surface area (Å²) in [5.41, 5.74) is 1.02. The molecular weight excluding hydrogens is 327 g/mol. The first-order chi connectivity index (χ1) is 9.76. The van der Waals surface area contributed by atoms with Crippen LogP contribution in [0.4, 0.5) is 0 Å². The van der Waals surface area contributed by atoms with Crippen molar-refractivity contribution in [2.75, 3.05) is 26.7 Å². The Morgan fingerprint density at radius 2 is 2.14 bits per heavy atom. The Kier molecular flexibility index (Phi) is 7.55. The molecule has 2 N–H and O–H groups in total. The standard InChI is InChI=1S/C13H22N6O.2ClH/c1-14-13(20)12-6-11(7-15-12)19-9-10(16-17-19)8-18-4-2-3-5-18;;/h9,11-12,15H,2-8H2,1H3,(H,14,20);2*1H/t11-,12-;;/m0../s1. The maximum atomic E-state index is 11.6. The van der Waals surface area contributed by atoms with E-state index in [-0.39, 0.29) is 42.8 Å². The molecule has 0 saturated carbocycles. The Morgan fingerprint density at radius 3 is 2.82 bits per heavy atom. The fraction of sp³-hybridized carbons (Fsp3) is 0.769. The second-order valence-electron chi connectivity index (χ2n) is 5.64. The summed E-state index contributed by atoms with van der Waals surface area (Å²) in [6.07, 6.45) is 5.37. The van der Waals surface area contributed by atoms with E-state index in [1.807, 2.05) is 10.9 Å². The van der Waals surface area contributed by atoms with Crippen molar-refractivity contribution in [3.8, 4) is 0 Å². The number of hydrogen-bond acceptors (Lipinski definition) is 5. The van der Waals surface area contributed by atoms with Gasteiger partial charge in [0, 0.05) is 20.1 Å². The van der Waals surface area contributed by atoms with Crippen molar-refractivity contribution in [2.45, 2.75) is 37.9 Å². The number of carbonyl (C=O) groups excluding carboxylic acids is 1. The molecule has 9 heteroatoms. The van der Waals surface area contributed by atoms with E-state index in [2.05, 4.69) is 25.8 Å². The van der Waals surface area contributed by atoms with Crippen molar-refractivity contribution in [1.29, 1.82) is 0 Å². The third-order valence-corrected chi connectivity index (χ3v) is 4.19. The molecule has 22 heavy (non-hydrogen) atoms. The minimum absolute atomic E-state index is 0. The number of likely N-dealkylation sites (N-methyl/N-ethyl adjacent to an activating group) is 1. The minimum atomic E-state index is -0.115. The molecule has 126 valence electrons. The van der Waals surface area contributed by atoms with Gasteiger partial charge in [-0.2, -0.15) is 0 Å². The zero-order valence-corrected chi connectivity index (χ0v) is 14.3. The largest absolute Gasteiger partial charge is 0.358 e. The summed E-state index contributed by atoms with van der Waals surface area (Å²) in [4.78, 5) is 14.0. The monoisotopic (exact) mass is 350 g/mol. The number of halogens is 2. The zero-order chi connectivity index (χ0) is 13.9. The van der Waals surface area contributed by atoms with E-state index in [4.69, 9.17) is 0 Å². The summed E-state index contributed by atoms with van der Waals surface area (Å²) in [7, 11) is 1.67. The molecule has 2 saturated heterocycles. The van der Waals surface area contributed by atoms with Crippen LogP contribution in [0.15, 0.2) is 6.20 Å². The molecule has 1 aromatic heterocycles. The molecule has 0 radical (unpaired) electrons. The normalized spacial score (nSPS) is 24.6. The van der Waals surface area contributed by atoms with Crippen molar-refractivity contribution >= 4 is 30.7 Å². The predicted molar refractivity (Wildman–Crippen MR) is 88.5 cm³/mol. The second-order valence-corrected chi connectivity index (χ2v) is 5.64. The summed E-state index contributed by atoms with van der Waals surface area (Å²) in [6, 6.07) is 0.105. The molecule has 1 amide bonds. The average Bonchev–Trinajstić information content (AvgIpc) is 3.18. The molecule has 2 fully saturated rings. The molecule has 3 heterocycles. The van der Waals surface area contributed by atoms with Gasteiger partial charge in [0.25, 0.3) is 0 Å². The molecule has 2 aliphatic heterocycles. The lowest BCUT2D eigenvalue weighted by Gasteiger charge is -2.11. The molecule has 0 bridgehead atoms. The lowest BCUT2D eigenvalue weighted by atomic mass is 10.1. The van der Waals surface area contributed by atoms with E-state index in [9.17, 15) is 4.79 Å². The number of nitrogens with one attached hydrogen (secondary N) is 2. The maximum absolute atomic E-state index is 11.6. The van der Waals surface area contributed by atoms with Gasteiger partial charge < -0.3 is 10.6 Å². The first-order valence-corrected chi connectivity index (χ1v) is 7.34. The van der Waals surface area contributed by atoms with Crippen LogP contribution in [-0.4, -0.2) is 58.5 Å². The third-order valence-electron chi connectivity index (χ3n) is 4.19. The van der Waals surface area contributed by atoms with Crippen LogP contribution in [-0.2, 0) is 11.3 Å². The molecule has 0 spiro atoms. The Morgan fingerprint density at radius 1 is 1.41 bits per heavy atom. The number of nitrogens with zero attached hydrogens (tertiary/aromatic N) is 4. The lowest BCUT2D eigenvalue weighted by Crippen LogP contribution is -2.38. The van der Waals surface area contributed by atoms with Crippen LogP contribution in [0.2, 0.25) is 0 Å². The van der Waals surface area contributed by atoms with Gasteiger partial charge in [-0.15, -0.1) is 29.9 Å². The van der Waals surface area contributed by atoms with Crippen LogP contribution in [0.1, 0.15) is 31.0 Å². The number of hydrogen-bond donors (Lipinski definition) is 2. The van der Waals surface area contributed by atoms with Gasteiger partial charge in [-0.25, -0.2) is 4.68 Å². The Hall–Kier alpha value is -0.890. The molecule has 7 nitrogen and oxygen atoms in total. The SMILES string of the molecule is CNC(=O)[C@@H]1C[C@H](n2cc(CN3CCCC3)nn2)CN1.Cl.Cl. The predicted octanol–water partition coefficient (Wildman–Crippen LogP) is 0.366. The van der Waals surface area contributed by atoms with Gasteiger partial charge in [0.15, 0.2) is 0 Å². The van der Waals surface area contributed by atoms with Gasteiger partial charge in [-0.1, -0.05) is 5.21 Å². The van der Waals surface area contributed by atoms with Gasteiger partial charge in [0.1, 0.15) is 0 Å². The van der Waals surface area contributed by atoms with Crippen molar-refractivity contribution in [1.82, 2.24) is 30.5 Å². The highest BCUT2D eigenvalue weighted by atomic mass is 35.5. The first-order valence-electron chi connectivity index (χ1n) is 7.34. The smallest absolute Gasteiger partial charge is 0.236 e. The van der Waals surface area contributed by atoms with Gasteiger partial charge in [0.05, 0.1) is 24.0 Å². The first kappa shape index (κ1) is 19.2. The number of rotatable bonds is 4. The second kappa shape index (κ2) is 8.67. The minimum Gasteiger partial charge on any atom is -0.358 e. The lowest BCUT2D eigenvalue weighted by molar-refractivity contribution is -0.122. The van der Waals surface area contributed by atoms with Crippen LogP contribution in [0.3, 0.4) is 0 Å². The highest BCUT2D eigenvalue weighted by molar-refractivity contribution is 5.85. The summed E-state index contributed by atoms with van der Waals surface area (Å²) in [6.45, 7) is 3.98. The van der Waals surface area contributed by atoms with Crippen LogP contribution < -0.4 is 10.6 Å². The number of likely N-dealkylation sites (tertiary alicyclic amines) is 1. The zero-order valence-electron chi connectivity index (χ0n) is 12.7. The molecule has 3 rings (SSSR count). The molecule has 0 aromatic carbocycles. The average molecular weight is 351 g/mol. The quantitative estimate of drug-likeness (QED) is 0.820. The highest BCUT2D eigenvalue weighted by Gasteiger charge is 2.30. The van der Waals surface area contributed by atoms with Gasteiger partial charge >= 0.3 is 0 Å². The molecule has 0 aliphatic carbocycles. The van der Waals surface area contributed by atoms with E-state index in [1.54, 1.807) is 7.05 Å². The summed E-state index contributed by atoms with van der Waals surface area (Å²) < 4.78 is 1.90. The maximum Gasteiger partial charge on any atom is 0.236 e. The number of carbonyl (C=O) groups is 1. The Balaban J connectivity index is 0.00000121. The molecule has 0 unspecified atom stereocenters. The van der Waals surface area contributed by atoms with E-state index in [0.717, 1.165) is 38.3 Å². The van der Waals surface area contributed by atoms with Crippen molar-refractivity contribution in [3.63, 3.8) is 0 Å².